The number of pyridine rings is 1. The molecule has 0 saturated heterocycles. The van der Waals surface area contributed by atoms with Crippen LogP contribution in [0.15, 0.2) is 12.3 Å². The highest BCUT2D eigenvalue weighted by atomic mass is 35.5. The maximum atomic E-state index is 12.3. The zero-order valence-corrected chi connectivity index (χ0v) is 12.1. The van der Waals surface area contributed by atoms with E-state index >= 15 is 0 Å². The first-order valence-corrected chi connectivity index (χ1v) is 6.33. The summed E-state index contributed by atoms with van der Waals surface area (Å²) >= 11 is 11.7. The van der Waals surface area contributed by atoms with E-state index in [4.69, 9.17) is 23.2 Å². The third-order valence-electron chi connectivity index (χ3n) is 2.30. The molecule has 0 fully saturated rings. The summed E-state index contributed by atoms with van der Waals surface area (Å²) in [5.74, 6) is -0.270. The smallest absolute Gasteiger partial charge is 0.255 e. The van der Waals surface area contributed by atoms with E-state index in [1.807, 2.05) is 6.92 Å². The van der Waals surface area contributed by atoms with Crippen molar-refractivity contribution < 1.29 is 9.90 Å². The second-order valence-electron chi connectivity index (χ2n) is 4.62. The Balaban J connectivity index is 3.00. The summed E-state index contributed by atoms with van der Waals surface area (Å²) < 4.78 is 0. The van der Waals surface area contributed by atoms with Gasteiger partial charge in [0.2, 0.25) is 0 Å². The molecule has 1 heterocycles. The van der Waals surface area contributed by atoms with Crippen LogP contribution in [-0.4, -0.2) is 39.6 Å². The standard InChI is InChI=1S/C12H16Cl2N2O2/c1-4-16(7-12(2,3)18)11(17)8-5-10(14)15-6-9(8)13/h5-6,18H,4,7H2,1-3H3. The van der Waals surface area contributed by atoms with Gasteiger partial charge in [-0.1, -0.05) is 23.2 Å². The summed E-state index contributed by atoms with van der Waals surface area (Å²) in [6.45, 7) is 5.81. The molecular weight excluding hydrogens is 275 g/mol. The lowest BCUT2D eigenvalue weighted by Crippen LogP contribution is -2.42. The molecule has 100 valence electrons. The van der Waals surface area contributed by atoms with Gasteiger partial charge in [0.15, 0.2) is 0 Å². The molecule has 1 rings (SSSR count). The summed E-state index contributed by atoms with van der Waals surface area (Å²) in [6.07, 6.45) is 1.34. The van der Waals surface area contributed by atoms with Crippen molar-refractivity contribution in [3.05, 3.63) is 28.0 Å². The molecule has 1 aromatic heterocycles. The van der Waals surface area contributed by atoms with Crippen molar-refractivity contribution in [3.8, 4) is 0 Å². The van der Waals surface area contributed by atoms with Crippen LogP contribution >= 0.6 is 23.2 Å². The second-order valence-corrected chi connectivity index (χ2v) is 5.41. The SMILES string of the molecule is CCN(CC(C)(C)O)C(=O)c1cc(Cl)ncc1Cl. The molecule has 0 saturated carbocycles. The highest BCUT2D eigenvalue weighted by molar-refractivity contribution is 6.35. The molecule has 18 heavy (non-hydrogen) atoms. The predicted molar refractivity (Wildman–Crippen MR) is 72.1 cm³/mol. The van der Waals surface area contributed by atoms with Crippen LogP contribution in [0.25, 0.3) is 0 Å². The van der Waals surface area contributed by atoms with Crippen molar-refractivity contribution in [2.24, 2.45) is 0 Å². The molecular formula is C12H16Cl2N2O2. The lowest BCUT2D eigenvalue weighted by atomic mass is 10.1. The monoisotopic (exact) mass is 290 g/mol. The summed E-state index contributed by atoms with van der Waals surface area (Å²) in [6, 6.07) is 1.43. The van der Waals surface area contributed by atoms with Crippen molar-refractivity contribution in [3.63, 3.8) is 0 Å². The lowest BCUT2D eigenvalue weighted by molar-refractivity contribution is 0.0314. The Morgan fingerprint density at radius 2 is 2.11 bits per heavy atom. The number of aliphatic hydroxyl groups is 1. The number of carbonyl (C=O) groups is 1. The van der Waals surface area contributed by atoms with Crippen LogP contribution in [-0.2, 0) is 0 Å². The Labute approximate surface area is 117 Å². The average Bonchev–Trinajstić information content (AvgIpc) is 2.27. The third kappa shape index (κ3) is 4.12. The van der Waals surface area contributed by atoms with Crippen LogP contribution in [0.2, 0.25) is 10.2 Å². The Bertz CT molecular complexity index is 444. The Morgan fingerprint density at radius 3 is 2.61 bits per heavy atom. The van der Waals surface area contributed by atoms with E-state index in [1.54, 1.807) is 13.8 Å². The molecule has 0 aliphatic heterocycles. The minimum absolute atomic E-state index is 0.210. The second kappa shape index (κ2) is 5.87. The Morgan fingerprint density at radius 1 is 1.50 bits per heavy atom. The van der Waals surface area contributed by atoms with E-state index in [0.29, 0.717) is 12.1 Å². The van der Waals surface area contributed by atoms with Crippen molar-refractivity contribution in [2.45, 2.75) is 26.4 Å². The maximum absolute atomic E-state index is 12.3. The summed E-state index contributed by atoms with van der Waals surface area (Å²) in [4.78, 5) is 17.6. The van der Waals surface area contributed by atoms with Crippen molar-refractivity contribution in [1.82, 2.24) is 9.88 Å². The number of amides is 1. The van der Waals surface area contributed by atoms with Crippen molar-refractivity contribution in [2.75, 3.05) is 13.1 Å². The average molecular weight is 291 g/mol. The minimum Gasteiger partial charge on any atom is -0.389 e. The van der Waals surface area contributed by atoms with E-state index in [1.165, 1.54) is 17.2 Å². The van der Waals surface area contributed by atoms with E-state index in [0.717, 1.165) is 0 Å². The van der Waals surface area contributed by atoms with Gasteiger partial charge in [0.05, 0.1) is 16.2 Å². The van der Waals surface area contributed by atoms with Crippen LogP contribution in [0.4, 0.5) is 0 Å². The van der Waals surface area contributed by atoms with Crippen LogP contribution in [0.1, 0.15) is 31.1 Å². The number of likely N-dealkylation sites (N-methyl/N-ethyl adjacent to an activating group) is 1. The molecule has 0 aliphatic carbocycles. The fourth-order valence-electron chi connectivity index (χ4n) is 1.54. The third-order valence-corrected chi connectivity index (χ3v) is 2.81. The van der Waals surface area contributed by atoms with Gasteiger partial charge in [0.25, 0.3) is 5.91 Å². The summed E-state index contributed by atoms with van der Waals surface area (Å²) in [7, 11) is 0. The predicted octanol–water partition coefficient (Wildman–Crippen LogP) is 2.62. The van der Waals surface area contributed by atoms with Gasteiger partial charge in [0.1, 0.15) is 5.15 Å². The fourth-order valence-corrected chi connectivity index (χ4v) is 1.88. The number of carbonyl (C=O) groups excluding carboxylic acids is 1. The van der Waals surface area contributed by atoms with Gasteiger partial charge in [-0.25, -0.2) is 4.98 Å². The van der Waals surface area contributed by atoms with E-state index < -0.39 is 5.60 Å². The first-order valence-electron chi connectivity index (χ1n) is 5.57. The van der Waals surface area contributed by atoms with Gasteiger partial charge < -0.3 is 10.0 Å². The first-order chi connectivity index (χ1) is 8.24. The van der Waals surface area contributed by atoms with E-state index in [9.17, 15) is 9.90 Å². The maximum Gasteiger partial charge on any atom is 0.255 e. The molecule has 0 bridgehead atoms. The summed E-state index contributed by atoms with van der Waals surface area (Å²) in [5, 5.41) is 10.2. The number of aromatic nitrogens is 1. The van der Waals surface area contributed by atoms with Gasteiger partial charge in [-0.15, -0.1) is 0 Å². The zero-order valence-electron chi connectivity index (χ0n) is 10.6. The zero-order chi connectivity index (χ0) is 13.9. The molecule has 0 atom stereocenters. The van der Waals surface area contributed by atoms with Crippen LogP contribution < -0.4 is 0 Å². The molecule has 4 nitrogen and oxygen atoms in total. The minimum atomic E-state index is -0.963. The molecule has 0 radical (unpaired) electrons. The van der Waals surface area contributed by atoms with Crippen molar-refractivity contribution in [1.29, 1.82) is 0 Å². The molecule has 6 heteroatoms. The molecule has 0 aliphatic rings. The van der Waals surface area contributed by atoms with Gasteiger partial charge in [-0.3, -0.25) is 4.79 Å². The highest BCUT2D eigenvalue weighted by Crippen LogP contribution is 2.20. The summed E-state index contributed by atoms with van der Waals surface area (Å²) in [5.41, 5.74) is -0.669. The first kappa shape index (κ1) is 15.2. The van der Waals surface area contributed by atoms with Gasteiger partial charge in [0, 0.05) is 19.3 Å². The fraction of sp³-hybridized carbons (Fsp3) is 0.500. The van der Waals surface area contributed by atoms with Crippen molar-refractivity contribution >= 4 is 29.1 Å². The molecule has 1 amide bonds. The molecule has 0 unspecified atom stereocenters. The van der Waals surface area contributed by atoms with Crippen LogP contribution in [0.3, 0.4) is 0 Å². The number of hydrogen-bond donors (Lipinski definition) is 1. The topological polar surface area (TPSA) is 53.4 Å². The highest BCUT2D eigenvalue weighted by Gasteiger charge is 2.23. The van der Waals surface area contributed by atoms with E-state index in [2.05, 4.69) is 4.98 Å². The normalized spacial score (nSPS) is 11.4. The van der Waals surface area contributed by atoms with Gasteiger partial charge in [-0.05, 0) is 26.8 Å². The Hall–Kier alpha value is -0.840. The van der Waals surface area contributed by atoms with E-state index in [-0.39, 0.29) is 22.6 Å². The lowest BCUT2D eigenvalue weighted by Gasteiger charge is -2.28. The molecule has 0 aromatic carbocycles. The molecule has 1 N–H and O–H groups in total. The Kier molecular flexibility index (Phi) is 4.96. The number of rotatable bonds is 4. The van der Waals surface area contributed by atoms with Crippen LogP contribution in [0, 0.1) is 0 Å². The van der Waals surface area contributed by atoms with Gasteiger partial charge in [-0.2, -0.15) is 0 Å². The number of hydrogen-bond acceptors (Lipinski definition) is 3. The molecule has 0 spiro atoms. The van der Waals surface area contributed by atoms with Crippen LogP contribution in [0.5, 0.6) is 0 Å². The quantitative estimate of drug-likeness (QED) is 0.868. The number of halogens is 2. The van der Waals surface area contributed by atoms with Gasteiger partial charge >= 0.3 is 0 Å². The number of nitrogens with zero attached hydrogens (tertiary/aromatic N) is 2. The molecule has 1 aromatic rings. The largest absolute Gasteiger partial charge is 0.389 e.